The second-order valence-electron chi connectivity index (χ2n) is 6.00. The SMILES string of the molecule is CC1CC(NC(=O)C2(c3ccccc3)CC2)CCN1. The summed E-state index contributed by atoms with van der Waals surface area (Å²) in [6.07, 6.45) is 4.06. The molecule has 102 valence electrons. The molecular weight excluding hydrogens is 236 g/mol. The molecule has 1 saturated carbocycles. The number of rotatable bonds is 3. The number of piperidine rings is 1. The highest BCUT2D eigenvalue weighted by molar-refractivity contribution is 5.91. The molecule has 1 amide bonds. The Kier molecular flexibility index (Phi) is 3.31. The van der Waals surface area contributed by atoms with Gasteiger partial charge in [-0.1, -0.05) is 30.3 Å². The maximum absolute atomic E-state index is 12.6. The molecule has 1 aromatic rings. The second-order valence-corrected chi connectivity index (χ2v) is 6.00. The molecule has 1 aromatic carbocycles. The Bertz CT molecular complexity index is 453. The first-order valence-corrected chi connectivity index (χ1v) is 7.30. The van der Waals surface area contributed by atoms with Crippen molar-refractivity contribution in [2.45, 2.75) is 50.1 Å². The molecule has 2 atom stereocenters. The standard InChI is InChI=1S/C16H22N2O/c1-12-11-14(7-10-17-12)18-15(19)16(8-9-16)13-5-3-2-4-6-13/h2-6,12,14,17H,7-11H2,1H3,(H,18,19). The van der Waals surface area contributed by atoms with Crippen molar-refractivity contribution in [3.8, 4) is 0 Å². The second kappa shape index (κ2) is 4.97. The number of nitrogens with one attached hydrogen (secondary N) is 2. The summed E-state index contributed by atoms with van der Waals surface area (Å²) in [5, 5.41) is 6.69. The largest absolute Gasteiger partial charge is 0.352 e. The van der Waals surface area contributed by atoms with Crippen molar-refractivity contribution in [1.82, 2.24) is 10.6 Å². The minimum Gasteiger partial charge on any atom is -0.352 e. The average molecular weight is 258 g/mol. The molecule has 1 heterocycles. The Labute approximate surface area is 114 Å². The fraction of sp³-hybridized carbons (Fsp3) is 0.562. The number of hydrogen-bond acceptors (Lipinski definition) is 2. The molecule has 0 spiro atoms. The van der Waals surface area contributed by atoms with E-state index in [0.29, 0.717) is 12.1 Å². The fourth-order valence-corrected chi connectivity index (χ4v) is 3.12. The van der Waals surface area contributed by atoms with Gasteiger partial charge in [0, 0.05) is 12.1 Å². The van der Waals surface area contributed by atoms with Crippen molar-refractivity contribution in [2.75, 3.05) is 6.54 Å². The molecule has 1 aliphatic carbocycles. The van der Waals surface area contributed by atoms with Gasteiger partial charge in [0.05, 0.1) is 5.41 Å². The molecule has 3 rings (SSSR count). The number of carbonyl (C=O) groups excluding carboxylic acids is 1. The van der Waals surface area contributed by atoms with Gasteiger partial charge in [-0.3, -0.25) is 4.79 Å². The lowest BCUT2D eigenvalue weighted by molar-refractivity contribution is -0.124. The van der Waals surface area contributed by atoms with Gasteiger partial charge in [-0.15, -0.1) is 0 Å². The van der Waals surface area contributed by atoms with Crippen LogP contribution in [-0.2, 0) is 10.2 Å². The normalized spacial score (nSPS) is 28.7. The van der Waals surface area contributed by atoms with Gasteiger partial charge < -0.3 is 10.6 Å². The molecule has 0 aromatic heterocycles. The van der Waals surface area contributed by atoms with Crippen LogP contribution in [0.1, 0.15) is 38.2 Å². The lowest BCUT2D eigenvalue weighted by Gasteiger charge is -2.30. The highest BCUT2D eigenvalue weighted by atomic mass is 16.2. The van der Waals surface area contributed by atoms with Crippen LogP contribution in [0, 0.1) is 0 Å². The fourth-order valence-electron chi connectivity index (χ4n) is 3.12. The maximum Gasteiger partial charge on any atom is 0.230 e. The highest BCUT2D eigenvalue weighted by Crippen LogP contribution is 2.48. The number of amides is 1. The summed E-state index contributed by atoms with van der Waals surface area (Å²) < 4.78 is 0. The van der Waals surface area contributed by atoms with E-state index in [1.54, 1.807) is 0 Å². The lowest BCUT2D eigenvalue weighted by Crippen LogP contribution is -2.49. The van der Waals surface area contributed by atoms with E-state index in [1.165, 1.54) is 5.56 Å². The van der Waals surface area contributed by atoms with Crippen molar-refractivity contribution in [3.05, 3.63) is 35.9 Å². The van der Waals surface area contributed by atoms with E-state index in [1.807, 2.05) is 18.2 Å². The summed E-state index contributed by atoms with van der Waals surface area (Å²) in [6, 6.07) is 11.1. The molecule has 3 nitrogen and oxygen atoms in total. The zero-order valence-corrected chi connectivity index (χ0v) is 11.5. The Morgan fingerprint density at radius 1 is 1.32 bits per heavy atom. The Hall–Kier alpha value is -1.35. The first-order chi connectivity index (χ1) is 9.21. The van der Waals surface area contributed by atoms with E-state index in [4.69, 9.17) is 0 Å². The highest BCUT2D eigenvalue weighted by Gasteiger charge is 2.51. The number of hydrogen-bond donors (Lipinski definition) is 2. The molecule has 0 bridgehead atoms. The Balaban J connectivity index is 1.67. The summed E-state index contributed by atoms with van der Waals surface area (Å²) in [5.74, 6) is 0.234. The molecule has 2 N–H and O–H groups in total. The number of carbonyl (C=O) groups is 1. The monoisotopic (exact) mass is 258 g/mol. The van der Waals surface area contributed by atoms with Gasteiger partial charge >= 0.3 is 0 Å². The van der Waals surface area contributed by atoms with Crippen molar-refractivity contribution in [3.63, 3.8) is 0 Å². The van der Waals surface area contributed by atoms with Gasteiger partial charge in [0.25, 0.3) is 0 Å². The molecule has 19 heavy (non-hydrogen) atoms. The first kappa shape index (κ1) is 12.7. The summed E-state index contributed by atoms with van der Waals surface area (Å²) in [6.45, 7) is 3.19. The third kappa shape index (κ3) is 2.52. The van der Waals surface area contributed by atoms with Gasteiger partial charge in [-0.25, -0.2) is 0 Å². The van der Waals surface area contributed by atoms with Crippen molar-refractivity contribution >= 4 is 5.91 Å². The van der Waals surface area contributed by atoms with Crippen LogP contribution in [0.3, 0.4) is 0 Å². The first-order valence-electron chi connectivity index (χ1n) is 7.30. The van der Waals surface area contributed by atoms with Gasteiger partial charge in [0.15, 0.2) is 0 Å². The Morgan fingerprint density at radius 3 is 2.68 bits per heavy atom. The molecule has 1 aliphatic heterocycles. The minimum absolute atomic E-state index is 0.227. The summed E-state index contributed by atoms with van der Waals surface area (Å²) in [5.41, 5.74) is 0.949. The van der Waals surface area contributed by atoms with Crippen molar-refractivity contribution < 1.29 is 4.79 Å². The van der Waals surface area contributed by atoms with Crippen LogP contribution in [0.15, 0.2) is 30.3 Å². The van der Waals surface area contributed by atoms with Crippen LogP contribution < -0.4 is 10.6 Å². The van der Waals surface area contributed by atoms with Gasteiger partial charge in [0.1, 0.15) is 0 Å². The molecule has 2 aliphatic rings. The molecular formula is C16H22N2O. The van der Waals surface area contributed by atoms with E-state index in [9.17, 15) is 4.79 Å². The van der Waals surface area contributed by atoms with Crippen LogP contribution in [-0.4, -0.2) is 24.5 Å². The van der Waals surface area contributed by atoms with Gasteiger partial charge in [0.2, 0.25) is 5.91 Å². The van der Waals surface area contributed by atoms with E-state index in [0.717, 1.165) is 32.2 Å². The van der Waals surface area contributed by atoms with Crippen molar-refractivity contribution in [2.24, 2.45) is 0 Å². The van der Waals surface area contributed by atoms with Crippen LogP contribution >= 0.6 is 0 Å². The van der Waals surface area contributed by atoms with E-state index in [2.05, 4.69) is 29.7 Å². The molecule has 3 heteroatoms. The predicted molar refractivity (Wildman–Crippen MR) is 76.0 cm³/mol. The van der Waals surface area contributed by atoms with Crippen LogP contribution in [0.4, 0.5) is 0 Å². The Morgan fingerprint density at radius 2 is 2.05 bits per heavy atom. The van der Waals surface area contributed by atoms with Gasteiger partial charge in [-0.2, -0.15) is 0 Å². The lowest BCUT2D eigenvalue weighted by atomic mass is 9.93. The van der Waals surface area contributed by atoms with Gasteiger partial charge in [-0.05, 0) is 44.7 Å². The summed E-state index contributed by atoms with van der Waals surface area (Å²) in [7, 11) is 0. The average Bonchev–Trinajstić information content (AvgIpc) is 3.21. The minimum atomic E-state index is -0.227. The van der Waals surface area contributed by atoms with Crippen LogP contribution in [0.5, 0.6) is 0 Å². The quantitative estimate of drug-likeness (QED) is 0.870. The third-order valence-electron chi connectivity index (χ3n) is 4.47. The maximum atomic E-state index is 12.6. The smallest absolute Gasteiger partial charge is 0.230 e. The van der Waals surface area contributed by atoms with Crippen LogP contribution in [0.25, 0.3) is 0 Å². The van der Waals surface area contributed by atoms with E-state index < -0.39 is 0 Å². The van der Waals surface area contributed by atoms with Crippen molar-refractivity contribution in [1.29, 1.82) is 0 Å². The molecule has 0 radical (unpaired) electrons. The topological polar surface area (TPSA) is 41.1 Å². The molecule has 1 saturated heterocycles. The molecule has 2 unspecified atom stereocenters. The van der Waals surface area contributed by atoms with E-state index in [-0.39, 0.29) is 11.3 Å². The van der Waals surface area contributed by atoms with Crippen LogP contribution in [0.2, 0.25) is 0 Å². The molecule has 2 fully saturated rings. The summed E-state index contributed by atoms with van der Waals surface area (Å²) >= 11 is 0. The number of benzene rings is 1. The zero-order valence-electron chi connectivity index (χ0n) is 11.5. The summed E-state index contributed by atoms with van der Waals surface area (Å²) in [4.78, 5) is 12.6. The van der Waals surface area contributed by atoms with E-state index >= 15 is 0 Å². The third-order valence-corrected chi connectivity index (χ3v) is 4.47. The zero-order chi connectivity index (χ0) is 13.3. The predicted octanol–water partition coefficient (Wildman–Crippen LogP) is 1.97.